The van der Waals surface area contributed by atoms with Crippen molar-refractivity contribution in [3.05, 3.63) is 0 Å². The van der Waals surface area contributed by atoms with Crippen LogP contribution in [-0.2, 0) is 21.7 Å². The summed E-state index contributed by atoms with van der Waals surface area (Å²) >= 11 is 0. The van der Waals surface area contributed by atoms with E-state index in [-0.39, 0.29) is 40.0 Å². The molecular formula is C30H64O4SiTi. The maximum Gasteiger partial charge on any atom is 0.188 e. The van der Waals surface area contributed by atoms with E-state index in [1.807, 2.05) is 0 Å². The first-order valence-electron chi connectivity index (χ1n) is 15.6. The standard InChI is InChI=1S/C12H28OSi.3C6H12O.Ti/c1-4-7-10-14(13,11-8-5-2)12-9-6-3;3*7-6-4-2-1-3-5-6;/h13H,4-12H2,1-3H3;3*6-7H,1-5H2;. The molecule has 4 nitrogen and oxygen atoms in total. The topological polar surface area (TPSA) is 80.9 Å². The number of unbranched alkanes of at least 4 members (excludes halogenated alkanes) is 3. The van der Waals surface area contributed by atoms with E-state index in [2.05, 4.69) is 20.8 Å². The Morgan fingerprint density at radius 2 is 0.694 bits per heavy atom. The Morgan fingerprint density at radius 3 is 0.833 bits per heavy atom. The van der Waals surface area contributed by atoms with Crippen LogP contribution in [0.4, 0.5) is 0 Å². The molecule has 3 aliphatic carbocycles. The molecule has 0 spiro atoms. The fourth-order valence-electron chi connectivity index (χ4n) is 5.14. The van der Waals surface area contributed by atoms with Gasteiger partial charge in [-0.15, -0.1) is 0 Å². The van der Waals surface area contributed by atoms with Gasteiger partial charge in [0.05, 0.1) is 18.3 Å². The molecule has 0 aromatic carbocycles. The number of hydrogen-bond acceptors (Lipinski definition) is 4. The van der Waals surface area contributed by atoms with Gasteiger partial charge >= 0.3 is 0 Å². The normalized spacial score (nSPS) is 19.4. The molecule has 0 saturated heterocycles. The maximum atomic E-state index is 10.5. The largest absolute Gasteiger partial charge is 0.432 e. The minimum Gasteiger partial charge on any atom is -0.432 e. The van der Waals surface area contributed by atoms with Crippen LogP contribution in [0.1, 0.15) is 156 Å². The van der Waals surface area contributed by atoms with Gasteiger partial charge < -0.3 is 20.1 Å². The second-order valence-corrected chi connectivity index (χ2v) is 15.4. The van der Waals surface area contributed by atoms with Gasteiger partial charge in [-0.25, -0.2) is 0 Å². The molecule has 0 atom stereocenters. The molecule has 3 aliphatic rings. The molecule has 3 saturated carbocycles. The van der Waals surface area contributed by atoms with Crippen molar-refractivity contribution in [2.45, 2.75) is 192 Å². The number of rotatable bonds is 9. The number of hydrogen-bond donors (Lipinski definition) is 4. The van der Waals surface area contributed by atoms with Crippen molar-refractivity contribution in [2.75, 3.05) is 0 Å². The van der Waals surface area contributed by atoms with E-state index in [9.17, 15) is 4.80 Å². The molecule has 36 heavy (non-hydrogen) atoms. The van der Waals surface area contributed by atoms with Crippen LogP contribution in [0.15, 0.2) is 0 Å². The third-order valence-electron chi connectivity index (χ3n) is 7.71. The molecule has 0 aromatic heterocycles. The van der Waals surface area contributed by atoms with Crippen LogP contribution in [0.25, 0.3) is 0 Å². The van der Waals surface area contributed by atoms with Crippen molar-refractivity contribution >= 4 is 8.32 Å². The molecule has 6 heteroatoms. The van der Waals surface area contributed by atoms with E-state index in [1.165, 1.54) is 96.3 Å². The fourth-order valence-corrected chi connectivity index (χ4v) is 8.92. The SMILES string of the molecule is CCCC[Si](O)(CCCC)CCCC.OC1CCCCC1.OC1CCCCC1.OC1CCCCC1.[Ti]. The summed E-state index contributed by atoms with van der Waals surface area (Å²) in [6, 6.07) is 3.43. The third-order valence-corrected chi connectivity index (χ3v) is 11.6. The Labute approximate surface area is 241 Å². The minimum absolute atomic E-state index is 0. The molecule has 0 unspecified atom stereocenters. The summed E-state index contributed by atoms with van der Waals surface area (Å²) in [7, 11) is -1.81. The van der Waals surface area contributed by atoms with Crippen LogP contribution < -0.4 is 0 Å². The molecule has 216 valence electrons. The molecule has 0 radical (unpaired) electrons. The summed E-state index contributed by atoms with van der Waals surface area (Å²) in [5.74, 6) is 0. The van der Waals surface area contributed by atoms with Crippen LogP contribution in [0.2, 0.25) is 18.1 Å². The van der Waals surface area contributed by atoms with Gasteiger partial charge in [-0.3, -0.25) is 0 Å². The zero-order valence-electron chi connectivity index (χ0n) is 24.5. The predicted octanol–water partition coefficient (Wildman–Crippen LogP) is 8.26. The summed E-state index contributed by atoms with van der Waals surface area (Å²) in [5.41, 5.74) is 0. The number of aliphatic hydroxyl groups is 3. The van der Waals surface area contributed by atoms with Crippen molar-refractivity contribution in [3.8, 4) is 0 Å². The van der Waals surface area contributed by atoms with Crippen LogP contribution in [0.3, 0.4) is 0 Å². The Kier molecular flexibility index (Phi) is 29.6. The van der Waals surface area contributed by atoms with Crippen molar-refractivity contribution in [3.63, 3.8) is 0 Å². The average Bonchev–Trinajstić information content (AvgIpc) is 2.88. The second-order valence-electron chi connectivity index (χ2n) is 11.4. The first-order valence-corrected chi connectivity index (χ1v) is 18.2. The summed E-state index contributed by atoms with van der Waals surface area (Å²) in [6.07, 6.45) is 25.2. The van der Waals surface area contributed by atoms with Gasteiger partial charge in [0.25, 0.3) is 0 Å². The van der Waals surface area contributed by atoms with Crippen molar-refractivity contribution < 1.29 is 41.8 Å². The molecule has 0 aliphatic heterocycles. The molecule has 0 amide bonds. The Morgan fingerprint density at radius 1 is 0.472 bits per heavy atom. The summed E-state index contributed by atoms with van der Waals surface area (Å²) < 4.78 is 0. The Balaban J connectivity index is 0. The Hall–Kier alpha value is 0.771. The average molecular weight is 565 g/mol. The van der Waals surface area contributed by atoms with Gasteiger partial charge in [-0.2, -0.15) is 0 Å². The van der Waals surface area contributed by atoms with E-state index in [0.717, 1.165) is 56.7 Å². The zero-order valence-corrected chi connectivity index (χ0v) is 27.1. The maximum absolute atomic E-state index is 10.5. The molecular weight excluding hydrogens is 500 g/mol. The van der Waals surface area contributed by atoms with E-state index in [1.54, 1.807) is 0 Å². The molecule has 3 rings (SSSR count). The van der Waals surface area contributed by atoms with Crippen LogP contribution >= 0.6 is 0 Å². The predicted molar refractivity (Wildman–Crippen MR) is 154 cm³/mol. The third kappa shape index (κ3) is 25.1. The van der Waals surface area contributed by atoms with Crippen molar-refractivity contribution in [1.29, 1.82) is 0 Å². The summed E-state index contributed by atoms with van der Waals surface area (Å²) in [6.45, 7) is 6.65. The van der Waals surface area contributed by atoms with Crippen molar-refractivity contribution in [1.82, 2.24) is 0 Å². The summed E-state index contributed by atoms with van der Waals surface area (Å²) in [4.78, 5) is 10.5. The van der Waals surface area contributed by atoms with Gasteiger partial charge in [0.2, 0.25) is 0 Å². The minimum atomic E-state index is -1.81. The van der Waals surface area contributed by atoms with Crippen LogP contribution in [-0.4, -0.2) is 46.7 Å². The van der Waals surface area contributed by atoms with Crippen LogP contribution in [0, 0.1) is 0 Å². The van der Waals surface area contributed by atoms with Gasteiger partial charge in [0.15, 0.2) is 8.32 Å². The quantitative estimate of drug-likeness (QED) is 0.213. The first kappa shape index (κ1) is 38.9. The van der Waals surface area contributed by atoms with Gasteiger partial charge in [-0.05, 0) is 56.7 Å². The van der Waals surface area contributed by atoms with Gasteiger partial charge in [-0.1, -0.05) is 117 Å². The van der Waals surface area contributed by atoms with E-state index in [4.69, 9.17) is 15.3 Å². The zero-order chi connectivity index (χ0) is 26.2. The fraction of sp³-hybridized carbons (Fsp3) is 1.00. The first-order chi connectivity index (χ1) is 16.9. The van der Waals surface area contributed by atoms with Gasteiger partial charge in [0.1, 0.15) is 0 Å². The van der Waals surface area contributed by atoms with Crippen LogP contribution in [0.5, 0.6) is 0 Å². The molecule has 4 N–H and O–H groups in total. The van der Waals surface area contributed by atoms with Gasteiger partial charge in [0, 0.05) is 21.7 Å². The number of aliphatic hydroxyl groups excluding tert-OH is 3. The Bertz CT molecular complexity index is 363. The van der Waals surface area contributed by atoms with E-state index >= 15 is 0 Å². The molecule has 0 heterocycles. The van der Waals surface area contributed by atoms with Crippen molar-refractivity contribution in [2.24, 2.45) is 0 Å². The summed E-state index contributed by atoms with van der Waals surface area (Å²) in [5, 5.41) is 26.7. The molecule has 0 bridgehead atoms. The molecule has 3 fully saturated rings. The smallest absolute Gasteiger partial charge is 0.188 e. The van der Waals surface area contributed by atoms with E-state index < -0.39 is 8.32 Å². The second kappa shape index (κ2) is 27.3. The molecule has 0 aromatic rings. The monoisotopic (exact) mass is 564 g/mol. The van der Waals surface area contributed by atoms with E-state index in [0.29, 0.717) is 0 Å².